The monoisotopic (exact) mass is 309 g/mol. The van der Waals surface area contributed by atoms with E-state index in [2.05, 4.69) is 21.9 Å². The third-order valence-electron chi connectivity index (χ3n) is 3.55. The molecule has 0 aromatic carbocycles. The Labute approximate surface area is 127 Å². The molecule has 3 N–H and O–H groups in total. The van der Waals surface area contributed by atoms with Crippen molar-refractivity contribution in [3.8, 4) is 0 Å². The summed E-state index contributed by atoms with van der Waals surface area (Å²) in [4.78, 5) is 26.7. The van der Waals surface area contributed by atoms with Crippen LogP contribution in [0.15, 0.2) is 18.3 Å². The maximum atomic E-state index is 11.8. The van der Waals surface area contributed by atoms with Gasteiger partial charge in [-0.05, 0) is 37.7 Å². The number of nitrogens with zero attached hydrogens (tertiary/aromatic N) is 1. The number of thioether (sulfide) groups is 1. The highest BCUT2D eigenvalue weighted by Gasteiger charge is 2.24. The number of carbonyl (C=O) groups is 2. The Morgan fingerprint density at radius 2 is 2.29 bits per heavy atom. The molecule has 1 aliphatic rings. The predicted molar refractivity (Wildman–Crippen MR) is 81.5 cm³/mol. The molecule has 7 heteroatoms. The summed E-state index contributed by atoms with van der Waals surface area (Å²) in [5.41, 5.74) is 0.694. The van der Waals surface area contributed by atoms with E-state index in [0.717, 1.165) is 19.3 Å². The Bertz CT molecular complexity index is 524. The smallest absolute Gasteiger partial charge is 0.335 e. The first kappa shape index (κ1) is 15.6. The topological polar surface area (TPSA) is 91.3 Å². The highest BCUT2D eigenvalue weighted by Crippen LogP contribution is 2.27. The van der Waals surface area contributed by atoms with E-state index in [1.54, 1.807) is 0 Å². The van der Waals surface area contributed by atoms with E-state index in [1.807, 2.05) is 11.8 Å². The van der Waals surface area contributed by atoms with Gasteiger partial charge in [0.25, 0.3) is 0 Å². The zero-order valence-corrected chi connectivity index (χ0v) is 12.7. The lowest BCUT2D eigenvalue weighted by atomic mass is 10.2. The number of urea groups is 1. The Kier molecular flexibility index (Phi) is 5.44. The second kappa shape index (κ2) is 7.31. The van der Waals surface area contributed by atoms with Crippen LogP contribution in [0.25, 0.3) is 0 Å². The van der Waals surface area contributed by atoms with Crippen molar-refractivity contribution in [2.45, 2.75) is 37.1 Å². The average molecular weight is 309 g/mol. The van der Waals surface area contributed by atoms with Gasteiger partial charge in [0.05, 0.1) is 17.8 Å². The minimum atomic E-state index is -1.00. The number of aromatic carboxylic acids is 1. The van der Waals surface area contributed by atoms with Crippen LogP contribution in [-0.2, 0) is 6.54 Å². The van der Waals surface area contributed by atoms with E-state index in [0.29, 0.717) is 10.9 Å². The Morgan fingerprint density at radius 3 is 2.95 bits per heavy atom. The van der Waals surface area contributed by atoms with E-state index in [9.17, 15) is 9.59 Å². The van der Waals surface area contributed by atoms with Crippen LogP contribution in [0.4, 0.5) is 4.79 Å². The van der Waals surface area contributed by atoms with Crippen LogP contribution in [0.1, 0.15) is 35.3 Å². The molecule has 6 nitrogen and oxygen atoms in total. The lowest BCUT2D eigenvalue weighted by Gasteiger charge is -2.13. The zero-order valence-electron chi connectivity index (χ0n) is 11.8. The van der Waals surface area contributed by atoms with Gasteiger partial charge in [-0.25, -0.2) is 9.59 Å². The summed E-state index contributed by atoms with van der Waals surface area (Å²) in [6.45, 7) is 0.214. The minimum Gasteiger partial charge on any atom is -0.478 e. The molecule has 21 heavy (non-hydrogen) atoms. The van der Waals surface area contributed by atoms with Gasteiger partial charge in [-0.15, -0.1) is 0 Å². The molecule has 2 rings (SSSR count). The molecular formula is C14H19N3O3S. The molecule has 1 aromatic rings. The van der Waals surface area contributed by atoms with Crippen LogP contribution in [-0.4, -0.2) is 39.6 Å². The van der Waals surface area contributed by atoms with Crippen molar-refractivity contribution in [3.05, 3.63) is 29.6 Å². The predicted octanol–water partition coefficient (Wildman–Crippen LogP) is 1.86. The van der Waals surface area contributed by atoms with Gasteiger partial charge in [0.1, 0.15) is 0 Å². The number of carbonyl (C=O) groups excluding carboxylic acids is 1. The molecular weight excluding hydrogens is 290 g/mol. The molecule has 1 aromatic heterocycles. The Balaban J connectivity index is 1.79. The Morgan fingerprint density at radius 1 is 1.48 bits per heavy atom. The average Bonchev–Trinajstić information content (AvgIpc) is 2.93. The molecule has 2 atom stereocenters. The molecule has 0 aliphatic heterocycles. The summed E-state index contributed by atoms with van der Waals surface area (Å²) >= 11 is 1.84. The highest BCUT2D eigenvalue weighted by atomic mass is 32.2. The fourth-order valence-electron chi connectivity index (χ4n) is 2.40. The summed E-state index contributed by atoms with van der Waals surface area (Å²) in [6, 6.07) is 2.87. The second-order valence-electron chi connectivity index (χ2n) is 5.04. The largest absolute Gasteiger partial charge is 0.478 e. The number of amides is 2. The van der Waals surface area contributed by atoms with Crippen LogP contribution >= 0.6 is 11.8 Å². The van der Waals surface area contributed by atoms with Crippen molar-refractivity contribution in [1.82, 2.24) is 15.6 Å². The lowest BCUT2D eigenvalue weighted by molar-refractivity contribution is 0.0696. The molecule has 0 spiro atoms. The summed E-state index contributed by atoms with van der Waals surface area (Å²) in [6.07, 6.45) is 6.66. The molecule has 1 aliphatic carbocycles. The third kappa shape index (κ3) is 4.63. The van der Waals surface area contributed by atoms with Crippen molar-refractivity contribution in [2.75, 3.05) is 6.26 Å². The fourth-order valence-corrected chi connectivity index (χ4v) is 3.20. The van der Waals surface area contributed by atoms with E-state index in [-0.39, 0.29) is 24.2 Å². The number of hydrogen-bond acceptors (Lipinski definition) is 4. The second-order valence-corrected chi connectivity index (χ2v) is 6.17. The van der Waals surface area contributed by atoms with Crippen molar-refractivity contribution in [1.29, 1.82) is 0 Å². The molecule has 0 saturated heterocycles. The van der Waals surface area contributed by atoms with Gasteiger partial charge in [0.2, 0.25) is 0 Å². The highest BCUT2D eigenvalue weighted by molar-refractivity contribution is 7.99. The number of nitrogens with one attached hydrogen (secondary N) is 2. The summed E-state index contributed by atoms with van der Waals surface area (Å²) in [5, 5.41) is 15.2. The molecule has 2 unspecified atom stereocenters. The van der Waals surface area contributed by atoms with E-state index < -0.39 is 5.97 Å². The molecule has 0 radical (unpaired) electrons. The molecule has 0 bridgehead atoms. The van der Waals surface area contributed by atoms with E-state index in [4.69, 9.17) is 5.11 Å². The quantitative estimate of drug-likeness (QED) is 0.772. The van der Waals surface area contributed by atoms with Gasteiger partial charge in [0.15, 0.2) is 0 Å². The standard InChI is InChI=1S/C14H19N3O3S/c1-21-12-3-2-10(7-12)17-14(20)16-8-11-6-9(13(18)19)4-5-15-11/h4-6,10,12H,2-3,7-8H2,1H3,(H,18,19)(H2,16,17,20). The van der Waals surface area contributed by atoms with E-state index >= 15 is 0 Å². The lowest BCUT2D eigenvalue weighted by Crippen LogP contribution is -2.40. The molecule has 114 valence electrons. The number of hydrogen-bond donors (Lipinski definition) is 3. The van der Waals surface area contributed by atoms with Gasteiger partial charge < -0.3 is 15.7 Å². The van der Waals surface area contributed by atoms with Crippen molar-refractivity contribution >= 4 is 23.8 Å². The first-order valence-electron chi connectivity index (χ1n) is 6.84. The van der Waals surface area contributed by atoms with Crippen LogP contribution in [0, 0.1) is 0 Å². The first-order chi connectivity index (χ1) is 10.1. The number of carboxylic acids is 1. The molecule has 2 amide bonds. The maximum absolute atomic E-state index is 11.8. The zero-order chi connectivity index (χ0) is 15.2. The van der Waals surface area contributed by atoms with Gasteiger partial charge in [-0.3, -0.25) is 4.98 Å². The van der Waals surface area contributed by atoms with Crippen molar-refractivity contribution in [2.24, 2.45) is 0 Å². The first-order valence-corrected chi connectivity index (χ1v) is 8.12. The normalized spacial score (nSPS) is 21.0. The SMILES string of the molecule is CSC1CCC(NC(=O)NCc2cc(C(=O)O)ccn2)C1. The van der Waals surface area contributed by atoms with Gasteiger partial charge in [-0.1, -0.05) is 0 Å². The van der Waals surface area contributed by atoms with Crippen LogP contribution < -0.4 is 10.6 Å². The summed E-state index contributed by atoms with van der Waals surface area (Å²) < 4.78 is 0. The van der Waals surface area contributed by atoms with Gasteiger partial charge in [0, 0.05) is 17.5 Å². The van der Waals surface area contributed by atoms with Crippen LogP contribution in [0.5, 0.6) is 0 Å². The summed E-state index contributed by atoms with van der Waals surface area (Å²) in [5.74, 6) is -1.00. The van der Waals surface area contributed by atoms with Crippen molar-refractivity contribution in [3.63, 3.8) is 0 Å². The number of pyridine rings is 1. The molecule has 1 heterocycles. The number of rotatable bonds is 5. The maximum Gasteiger partial charge on any atom is 0.335 e. The van der Waals surface area contributed by atoms with Crippen LogP contribution in [0.3, 0.4) is 0 Å². The minimum absolute atomic E-state index is 0.167. The number of carboxylic acid groups (broad SMARTS) is 1. The Hall–Kier alpha value is -1.76. The summed E-state index contributed by atoms with van der Waals surface area (Å²) in [7, 11) is 0. The third-order valence-corrected chi connectivity index (χ3v) is 4.64. The molecule has 1 saturated carbocycles. The molecule has 1 fully saturated rings. The number of aromatic nitrogens is 1. The van der Waals surface area contributed by atoms with Gasteiger partial charge in [-0.2, -0.15) is 11.8 Å². The van der Waals surface area contributed by atoms with Gasteiger partial charge >= 0.3 is 12.0 Å². The van der Waals surface area contributed by atoms with Crippen LogP contribution in [0.2, 0.25) is 0 Å². The van der Waals surface area contributed by atoms with Crippen molar-refractivity contribution < 1.29 is 14.7 Å². The van der Waals surface area contributed by atoms with E-state index in [1.165, 1.54) is 18.3 Å². The fraction of sp³-hybridized carbons (Fsp3) is 0.500.